The number of piperidine rings is 1. The van der Waals surface area contributed by atoms with E-state index in [9.17, 15) is 14.9 Å². The first-order valence-electron chi connectivity index (χ1n) is 17.9. The summed E-state index contributed by atoms with van der Waals surface area (Å²) in [5.74, 6) is 7.34. The molecular weight excluding hydrogens is 688 g/mol. The average molecular weight is 729 g/mol. The number of carbonyl (C=O) groups excluding carboxylic acids is 2. The van der Waals surface area contributed by atoms with Crippen LogP contribution in [0.1, 0.15) is 76.1 Å². The number of nitriles is 1. The van der Waals surface area contributed by atoms with Gasteiger partial charge in [-0.1, -0.05) is 47.2 Å². The number of carbonyl (C=O) groups is 2. The van der Waals surface area contributed by atoms with Gasteiger partial charge in [-0.2, -0.15) is 5.26 Å². The van der Waals surface area contributed by atoms with Gasteiger partial charge in [0.2, 0.25) is 5.91 Å². The molecular formula is C40H40Cl2FN5O3. The Bertz CT molecular complexity index is 2090. The van der Waals surface area contributed by atoms with Crippen LogP contribution in [0.2, 0.25) is 10.0 Å². The first-order chi connectivity index (χ1) is 24.3. The number of amides is 2. The van der Waals surface area contributed by atoms with Gasteiger partial charge in [0, 0.05) is 47.4 Å². The molecule has 3 saturated carbocycles. The molecule has 51 heavy (non-hydrogen) atoms. The topological polar surface area (TPSA) is 98.6 Å². The first kappa shape index (κ1) is 34.1. The van der Waals surface area contributed by atoms with E-state index >= 15 is 4.39 Å². The van der Waals surface area contributed by atoms with Crippen molar-refractivity contribution in [3.63, 3.8) is 0 Å². The molecule has 1 N–H and O–H groups in total. The number of hydrogen-bond acceptors (Lipinski definition) is 6. The van der Waals surface area contributed by atoms with Crippen LogP contribution in [0.4, 0.5) is 14.9 Å². The molecule has 6 aliphatic rings. The van der Waals surface area contributed by atoms with Crippen molar-refractivity contribution < 1.29 is 18.7 Å². The molecule has 6 atom stereocenters. The second-order valence-corrected chi connectivity index (χ2v) is 16.6. The van der Waals surface area contributed by atoms with Gasteiger partial charge in [0.1, 0.15) is 11.1 Å². The number of halogens is 3. The Balaban J connectivity index is 1.25. The molecule has 2 aromatic carbocycles. The lowest BCUT2D eigenvalue weighted by atomic mass is 9.79. The number of fused-ring (bicyclic) bond motifs is 3. The second kappa shape index (κ2) is 12.6. The molecule has 0 spiro atoms. The second-order valence-electron chi connectivity index (χ2n) is 15.8. The summed E-state index contributed by atoms with van der Waals surface area (Å²) in [7, 11) is 0. The van der Waals surface area contributed by atoms with E-state index in [1.807, 2.05) is 38.7 Å². The lowest BCUT2D eigenvalue weighted by molar-refractivity contribution is -0.133. The van der Waals surface area contributed by atoms with Crippen LogP contribution in [-0.2, 0) is 16.0 Å². The third-order valence-corrected chi connectivity index (χ3v) is 11.9. The van der Waals surface area contributed by atoms with Crippen molar-refractivity contribution in [1.82, 2.24) is 14.8 Å². The lowest BCUT2D eigenvalue weighted by Gasteiger charge is -2.38. The highest BCUT2D eigenvalue weighted by molar-refractivity contribution is 6.43. The van der Waals surface area contributed by atoms with Crippen molar-refractivity contribution in [1.29, 1.82) is 5.26 Å². The Morgan fingerprint density at radius 2 is 1.90 bits per heavy atom. The van der Waals surface area contributed by atoms with Crippen molar-refractivity contribution in [2.24, 2.45) is 17.8 Å². The lowest BCUT2D eigenvalue weighted by Crippen LogP contribution is -2.50. The van der Waals surface area contributed by atoms with Gasteiger partial charge in [0.05, 0.1) is 51.2 Å². The van der Waals surface area contributed by atoms with Gasteiger partial charge >= 0.3 is 6.09 Å². The summed E-state index contributed by atoms with van der Waals surface area (Å²) in [4.78, 5) is 35.1. The van der Waals surface area contributed by atoms with Gasteiger partial charge in [-0.05, 0) is 89.8 Å². The molecule has 6 fully saturated rings. The van der Waals surface area contributed by atoms with Crippen LogP contribution in [-0.4, -0.2) is 63.1 Å². The summed E-state index contributed by atoms with van der Waals surface area (Å²) in [6.07, 6.45) is 4.72. The predicted octanol–water partition coefficient (Wildman–Crippen LogP) is 8.28. The molecule has 1 aromatic heterocycles. The zero-order valence-corrected chi connectivity index (χ0v) is 30.7. The fraction of sp³-hybridized carbons (Fsp3) is 0.500. The summed E-state index contributed by atoms with van der Waals surface area (Å²) in [5, 5.41) is 14.3. The number of rotatable bonds is 6. The van der Waals surface area contributed by atoms with E-state index in [1.165, 1.54) is 0 Å². The van der Waals surface area contributed by atoms with Gasteiger partial charge in [-0.3, -0.25) is 4.79 Å². The normalized spacial score (nSPS) is 25.8. The van der Waals surface area contributed by atoms with Gasteiger partial charge in [0.15, 0.2) is 5.82 Å². The van der Waals surface area contributed by atoms with Crippen LogP contribution < -0.4 is 5.32 Å². The molecule has 3 aliphatic carbocycles. The number of nitrogens with zero attached hydrogens (tertiary/aromatic N) is 4. The van der Waals surface area contributed by atoms with Crippen molar-refractivity contribution in [2.45, 2.75) is 102 Å². The van der Waals surface area contributed by atoms with Crippen molar-refractivity contribution >= 4 is 51.8 Å². The zero-order valence-electron chi connectivity index (χ0n) is 29.2. The highest BCUT2D eigenvalue weighted by Crippen LogP contribution is 2.50. The van der Waals surface area contributed by atoms with Crippen LogP contribution in [0.15, 0.2) is 24.3 Å². The largest absolute Gasteiger partial charge is 0.444 e. The van der Waals surface area contributed by atoms with E-state index in [0.717, 1.165) is 32.1 Å². The third-order valence-electron chi connectivity index (χ3n) is 11.1. The van der Waals surface area contributed by atoms with Gasteiger partial charge < -0.3 is 19.9 Å². The van der Waals surface area contributed by atoms with Crippen LogP contribution in [0.5, 0.6) is 0 Å². The Morgan fingerprint density at radius 1 is 1.14 bits per heavy atom. The third kappa shape index (κ3) is 6.07. The maximum absolute atomic E-state index is 17.0. The molecule has 8 nitrogen and oxygen atoms in total. The van der Waals surface area contributed by atoms with Crippen molar-refractivity contribution in [3.8, 4) is 29.0 Å². The summed E-state index contributed by atoms with van der Waals surface area (Å²) in [6, 6.07) is 9.07. The highest BCUT2D eigenvalue weighted by atomic mass is 35.5. The summed E-state index contributed by atoms with van der Waals surface area (Å²) in [6.45, 7) is 7.95. The Hall–Kier alpha value is -4.05. The smallest absolute Gasteiger partial charge is 0.410 e. The van der Waals surface area contributed by atoms with Gasteiger partial charge in [0.25, 0.3) is 0 Å². The molecule has 0 unspecified atom stereocenters. The molecule has 0 radical (unpaired) electrons. The van der Waals surface area contributed by atoms with Crippen LogP contribution in [0.3, 0.4) is 0 Å². The van der Waals surface area contributed by atoms with Crippen LogP contribution in [0.25, 0.3) is 22.0 Å². The van der Waals surface area contributed by atoms with Crippen molar-refractivity contribution in [2.75, 3.05) is 11.9 Å². The number of likely N-dealkylation sites (tertiary alicyclic amines) is 1. The molecule has 3 aromatic rings. The van der Waals surface area contributed by atoms with E-state index in [-0.39, 0.29) is 76.9 Å². The zero-order chi connectivity index (χ0) is 35.9. The Morgan fingerprint density at radius 3 is 2.63 bits per heavy atom. The maximum Gasteiger partial charge on any atom is 0.410 e. The fourth-order valence-electron chi connectivity index (χ4n) is 8.34. The minimum atomic E-state index is -0.620. The van der Waals surface area contributed by atoms with E-state index in [4.69, 9.17) is 32.9 Å². The summed E-state index contributed by atoms with van der Waals surface area (Å²) >= 11 is 13.0. The van der Waals surface area contributed by atoms with E-state index in [2.05, 4.69) is 23.2 Å². The number of pyridine rings is 1. The van der Waals surface area contributed by atoms with Crippen molar-refractivity contribution in [3.05, 3.63) is 56.9 Å². The summed E-state index contributed by atoms with van der Waals surface area (Å²) < 4.78 is 22.8. The number of aryl methyl sites for hydroxylation is 2. The van der Waals surface area contributed by atoms with E-state index < -0.39 is 11.4 Å². The standard InChI is InChI=1S/C40H40Cl2FN5O3/c1-20-26(13-12-25-15-23-17-30(23)48(25)38(49)21-10-11-21)36(46-35-24-18-31(35)47(19-24)39(50)51-40(2,3)4)28-16-22(7-6-14-44)32(34(43)37(28)45-20)27-8-5-9-29(41)33(27)42/h5,8-9,16,21,23-25,30-31,35H,6-7,10-11,15,17-19H2,1-4H3,(H,45,46)/t23-,24+,25-,30+,31+,35-/m0/s1. The fourth-order valence-corrected chi connectivity index (χ4v) is 8.73. The Labute approximate surface area is 307 Å². The molecule has 3 saturated heterocycles. The SMILES string of the molecule is Cc1nc2c(F)c(-c3cccc(Cl)c3Cl)c(CCC#N)cc2c(N[C@H]2[C@@H]3C[C@H]2N(C(=O)OC(C)(C)C)C3)c1C#C[C@H]1C[C@H]2C[C@H]2N1C(=O)C1CC1. The number of anilines is 1. The molecule has 11 heteroatoms. The van der Waals surface area contributed by atoms with E-state index in [0.29, 0.717) is 50.9 Å². The Kier molecular flexibility index (Phi) is 8.39. The van der Waals surface area contributed by atoms with E-state index in [1.54, 1.807) is 23.1 Å². The maximum atomic E-state index is 17.0. The predicted molar refractivity (Wildman–Crippen MR) is 195 cm³/mol. The highest BCUT2D eigenvalue weighted by Gasteiger charge is 2.56. The van der Waals surface area contributed by atoms with Crippen LogP contribution >= 0.6 is 23.2 Å². The molecule has 4 heterocycles. The molecule has 2 bridgehead atoms. The minimum absolute atomic E-state index is 0.102. The summed E-state index contributed by atoms with van der Waals surface area (Å²) in [5.41, 5.74) is 2.64. The first-order valence-corrected chi connectivity index (χ1v) is 18.7. The number of aromatic nitrogens is 1. The number of hydrogen-bond donors (Lipinski definition) is 1. The molecule has 264 valence electrons. The number of benzene rings is 2. The number of nitrogens with one attached hydrogen (secondary N) is 1. The van der Waals surface area contributed by atoms with Gasteiger partial charge in [-0.15, -0.1) is 0 Å². The molecule has 3 aliphatic heterocycles. The monoisotopic (exact) mass is 727 g/mol. The molecule has 2 amide bonds. The average Bonchev–Trinajstić information content (AvgIpc) is 3.95. The minimum Gasteiger partial charge on any atom is -0.444 e. The van der Waals surface area contributed by atoms with Crippen LogP contribution in [0, 0.1) is 53.7 Å². The quantitative estimate of drug-likeness (QED) is 0.257. The molecule has 9 rings (SSSR count). The number of ether oxygens (including phenoxy) is 1. The van der Waals surface area contributed by atoms with Gasteiger partial charge in [-0.25, -0.2) is 14.2 Å².